The van der Waals surface area contributed by atoms with Crippen LogP contribution in [0.1, 0.15) is 16.8 Å². The van der Waals surface area contributed by atoms with Crippen LogP contribution in [-0.4, -0.2) is 31.1 Å². The van der Waals surface area contributed by atoms with E-state index >= 15 is 0 Å². The van der Waals surface area contributed by atoms with Gasteiger partial charge in [0.15, 0.2) is 0 Å². The van der Waals surface area contributed by atoms with E-state index in [0.717, 1.165) is 32.1 Å². The molecule has 5 nitrogen and oxygen atoms in total. The molecule has 0 spiro atoms. The molecule has 0 fully saturated rings. The highest BCUT2D eigenvalue weighted by Gasteiger charge is 2.19. The largest absolute Gasteiger partial charge is 0.358 e. The quantitative estimate of drug-likeness (QED) is 0.583. The maximum Gasteiger partial charge on any atom is 0.278 e. The summed E-state index contributed by atoms with van der Waals surface area (Å²) in [5.41, 5.74) is 3.84. The monoisotopic (exact) mass is 341 g/mol. The summed E-state index contributed by atoms with van der Waals surface area (Å²) < 4.78 is 26.1. The molecule has 2 aromatic carbocycles. The molecule has 3 aromatic rings. The summed E-state index contributed by atoms with van der Waals surface area (Å²) >= 11 is 0. The van der Waals surface area contributed by atoms with Crippen LogP contribution in [0.3, 0.4) is 0 Å². The molecule has 0 saturated carbocycles. The van der Waals surface area contributed by atoms with Gasteiger partial charge in [0.2, 0.25) is 0 Å². The molecule has 1 aromatic heterocycles. The molecule has 3 rings (SSSR count). The molecule has 6 heteroatoms. The molecule has 0 aliphatic rings. The van der Waals surface area contributed by atoms with Crippen molar-refractivity contribution in [1.82, 2.24) is 9.40 Å². The summed E-state index contributed by atoms with van der Waals surface area (Å²) in [6.07, 6.45) is 1.58. The van der Waals surface area contributed by atoms with Gasteiger partial charge in [-0.3, -0.25) is 0 Å². The molecule has 24 heavy (non-hydrogen) atoms. The number of sulfonamides is 1. The molecule has 1 N–H and O–H groups in total. The van der Waals surface area contributed by atoms with Gasteiger partial charge in [-0.1, -0.05) is 35.9 Å². The highest BCUT2D eigenvalue weighted by atomic mass is 32.2. The summed E-state index contributed by atoms with van der Waals surface area (Å²) in [6.45, 7) is 3.86. The highest BCUT2D eigenvalue weighted by Crippen LogP contribution is 2.21. The average Bonchev–Trinajstić information content (AvgIpc) is 2.88. The van der Waals surface area contributed by atoms with Crippen molar-refractivity contribution in [3.8, 4) is 0 Å². The molecule has 0 radical (unpaired) electrons. The van der Waals surface area contributed by atoms with E-state index < -0.39 is 10.0 Å². The Bertz CT molecular complexity index is 1000. The van der Waals surface area contributed by atoms with E-state index in [1.165, 1.54) is 7.05 Å². The molecular formula is C18H19N3O2S. The molecule has 0 amide bonds. The molecular weight excluding hydrogens is 322 g/mol. The van der Waals surface area contributed by atoms with E-state index in [1.807, 2.05) is 38.1 Å². The first-order chi connectivity index (χ1) is 11.4. The lowest BCUT2D eigenvalue weighted by Crippen LogP contribution is -2.21. The predicted molar refractivity (Wildman–Crippen MR) is 96.8 cm³/mol. The fourth-order valence-corrected chi connectivity index (χ4v) is 3.48. The van der Waals surface area contributed by atoms with Crippen molar-refractivity contribution in [3.63, 3.8) is 0 Å². The minimum atomic E-state index is -3.65. The second-order valence-corrected chi connectivity index (χ2v) is 7.66. The van der Waals surface area contributed by atoms with Crippen LogP contribution in [0, 0.1) is 13.8 Å². The van der Waals surface area contributed by atoms with Crippen molar-refractivity contribution in [2.45, 2.75) is 18.7 Å². The van der Waals surface area contributed by atoms with Gasteiger partial charge < -0.3 is 4.98 Å². The van der Waals surface area contributed by atoms with Gasteiger partial charge in [0.1, 0.15) is 0 Å². The number of hydrogen-bond donors (Lipinski definition) is 1. The number of hydrogen-bond acceptors (Lipinski definition) is 3. The van der Waals surface area contributed by atoms with Crippen LogP contribution in [0.15, 0.2) is 58.5 Å². The van der Waals surface area contributed by atoms with Crippen molar-refractivity contribution in [3.05, 3.63) is 65.4 Å². The number of aryl methyl sites for hydroxylation is 2. The molecule has 0 saturated heterocycles. The smallest absolute Gasteiger partial charge is 0.278 e. The van der Waals surface area contributed by atoms with E-state index in [2.05, 4.69) is 10.1 Å². The lowest BCUT2D eigenvalue weighted by atomic mass is 10.1. The topological polar surface area (TPSA) is 65.5 Å². The van der Waals surface area contributed by atoms with E-state index in [1.54, 1.807) is 30.5 Å². The molecule has 1 heterocycles. The van der Waals surface area contributed by atoms with Crippen LogP contribution in [-0.2, 0) is 10.0 Å². The highest BCUT2D eigenvalue weighted by molar-refractivity contribution is 7.89. The number of aromatic nitrogens is 1. The Balaban J connectivity index is 1.93. The SMILES string of the molecule is Cc1ccc(S(=O)(=O)N(C)N=Cc2c(C)[nH]c3ccccc23)cc1. The number of para-hydroxylation sites is 1. The van der Waals surface area contributed by atoms with Gasteiger partial charge in [0.05, 0.1) is 11.1 Å². The maximum atomic E-state index is 12.6. The molecule has 0 bridgehead atoms. The second-order valence-electron chi connectivity index (χ2n) is 5.71. The third-order valence-electron chi connectivity index (χ3n) is 3.96. The van der Waals surface area contributed by atoms with Crippen LogP contribution in [0.25, 0.3) is 10.9 Å². The predicted octanol–water partition coefficient (Wildman–Crippen LogP) is 3.44. The van der Waals surface area contributed by atoms with Crippen LogP contribution < -0.4 is 0 Å². The first-order valence-electron chi connectivity index (χ1n) is 7.56. The van der Waals surface area contributed by atoms with Crippen LogP contribution in [0.4, 0.5) is 0 Å². The van der Waals surface area contributed by atoms with E-state index in [4.69, 9.17) is 0 Å². The third-order valence-corrected chi connectivity index (χ3v) is 5.62. The zero-order valence-electron chi connectivity index (χ0n) is 13.8. The minimum Gasteiger partial charge on any atom is -0.358 e. The Hall–Kier alpha value is -2.60. The minimum absolute atomic E-state index is 0.225. The van der Waals surface area contributed by atoms with Gasteiger partial charge in [-0.25, -0.2) is 0 Å². The molecule has 0 aliphatic carbocycles. The van der Waals surface area contributed by atoms with Crippen LogP contribution in [0.5, 0.6) is 0 Å². The van der Waals surface area contributed by atoms with Gasteiger partial charge in [0, 0.05) is 29.2 Å². The van der Waals surface area contributed by atoms with Gasteiger partial charge in [-0.15, -0.1) is 0 Å². The molecule has 0 unspecified atom stereocenters. The summed E-state index contributed by atoms with van der Waals surface area (Å²) in [7, 11) is -2.21. The van der Waals surface area contributed by atoms with Crippen molar-refractivity contribution >= 4 is 27.1 Å². The van der Waals surface area contributed by atoms with Crippen molar-refractivity contribution in [1.29, 1.82) is 0 Å². The Labute approximate surface area is 141 Å². The number of H-pyrrole nitrogens is 1. The first-order valence-corrected chi connectivity index (χ1v) is 9.00. The van der Waals surface area contributed by atoms with E-state index in [-0.39, 0.29) is 4.90 Å². The van der Waals surface area contributed by atoms with E-state index in [9.17, 15) is 8.42 Å². The third kappa shape index (κ3) is 2.92. The normalized spacial score (nSPS) is 12.1. The summed E-state index contributed by atoms with van der Waals surface area (Å²) in [4.78, 5) is 3.49. The number of hydrazone groups is 1. The average molecular weight is 341 g/mol. The number of fused-ring (bicyclic) bond motifs is 1. The fraction of sp³-hybridized carbons (Fsp3) is 0.167. The summed E-state index contributed by atoms with van der Waals surface area (Å²) in [5, 5.41) is 5.16. The Morgan fingerprint density at radius 3 is 2.42 bits per heavy atom. The standard InChI is InChI=1S/C18H19N3O2S/c1-13-8-10-15(11-9-13)24(22,23)21(3)19-12-17-14(2)20-18-7-5-4-6-16(17)18/h4-12,20H,1-3H3. The number of nitrogens with one attached hydrogen (secondary N) is 1. The first kappa shape index (κ1) is 16.3. The Kier molecular flexibility index (Phi) is 4.15. The van der Waals surface area contributed by atoms with Gasteiger partial charge in [0.25, 0.3) is 10.0 Å². The summed E-state index contributed by atoms with van der Waals surface area (Å²) in [5.74, 6) is 0. The van der Waals surface area contributed by atoms with Crippen molar-refractivity contribution in [2.24, 2.45) is 5.10 Å². The Morgan fingerprint density at radius 1 is 1.04 bits per heavy atom. The van der Waals surface area contributed by atoms with Crippen molar-refractivity contribution < 1.29 is 8.42 Å². The van der Waals surface area contributed by atoms with Gasteiger partial charge >= 0.3 is 0 Å². The van der Waals surface area contributed by atoms with Gasteiger partial charge in [-0.05, 0) is 32.0 Å². The lowest BCUT2D eigenvalue weighted by Gasteiger charge is -2.13. The zero-order valence-corrected chi connectivity index (χ0v) is 14.6. The summed E-state index contributed by atoms with van der Waals surface area (Å²) in [6, 6.07) is 14.6. The number of aromatic amines is 1. The maximum absolute atomic E-state index is 12.6. The van der Waals surface area contributed by atoms with Crippen LogP contribution in [0.2, 0.25) is 0 Å². The van der Waals surface area contributed by atoms with E-state index in [0.29, 0.717) is 0 Å². The zero-order chi connectivity index (χ0) is 17.3. The molecule has 0 aliphatic heterocycles. The van der Waals surface area contributed by atoms with Gasteiger partial charge in [-0.2, -0.15) is 17.9 Å². The van der Waals surface area contributed by atoms with Crippen molar-refractivity contribution in [2.75, 3.05) is 7.05 Å². The lowest BCUT2D eigenvalue weighted by molar-refractivity contribution is 0.491. The fourth-order valence-electron chi connectivity index (χ4n) is 2.53. The number of benzene rings is 2. The molecule has 0 atom stereocenters. The number of nitrogens with zero attached hydrogens (tertiary/aromatic N) is 2. The Morgan fingerprint density at radius 2 is 1.71 bits per heavy atom. The molecule has 124 valence electrons. The van der Waals surface area contributed by atoms with Crippen LogP contribution >= 0.6 is 0 Å². The number of rotatable bonds is 4. The second kappa shape index (κ2) is 6.13.